The molecule has 0 bridgehead atoms. The number of piperazine rings is 1. The largest absolute Gasteiger partial charge is 0.378 e. The maximum Gasteiger partial charge on any atom is 0.324 e. The molecule has 2 heterocycles. The van der Waals surface area contributed by atoms with E-state index in [4.69, 9.17) is 9.94 Å². The first-order valence-electron chi connectivity index (χ1n) is 12.2. The molecule has 2 aromatic rings. The number of aryl methyl sites for hydroxylation is 1. The summed E-state index contributed by atoms with van der Waals surface area (Å²) in [5.41, 5.74) is 4.70. The second-order valence-electron chi connectivity index (χ2n) is 9.10. The predicted octanol–water partition coefficient (Wildman–Crippen LogP) is 1.72. The van der Waals surface area contributed by atoms with Crippen LogP contribution in [0.2, 0.25) is 0 Å². The maximum atomic E-state index is 13.6. The van der Waals surface area contributed by atoms with Crippen LogP contribution in [0, 0.1) is 6.92 Å². The summed E-state index contributed by atoms with van der Waals surface area (Å²) in [5.74, 6) is -0.476. The average molecular weight is 496 g/mol. The number of carbonyl (C=O) groups excluding carboxylic acids is 3. The van der Waals surface area contributed by atoms with Crippen LogP contribution >= 0.6 is 0 Å². The molecule has 2 saturated heterocycles. The van der Waals surface area contributed by atoms with Gasteiger partial charge in [-0.15, -0.1) is 0 Å². The number of ether oxygens (including phenoxy) is 1. The highest BCUT2D eigenvalue weighted by molar-refractivity contribution is 5.94. The molecule has 4 amide bonds. The number of morpholine rings is 1. The lowest BCUT2D eigenvalue weighted by Gasteiger charge is -2.38. The van der Waals surface area contributed by atoms with E-state index >= 15 is 0 Å². The van der Waals surface area contributed by atoms with Crippen LogP contribution in [-0.4, -0.2) is 96.8 Å². The molecule has 10 heteroatoms. The average Bonchev–Trinajstić information content (AvgIpc) is 2.92. The van der Waals surface area contributed by atoms with Gasteiger partial charge in [0.25, 0.3) is 5.91 Å². The Bertz CT molecular complexity index is 1050. The fourth-order valence-electron chi connectivity index (χ4n) is 4.37. The molecule has 0 unspecified atom stereocenters. The minimum absolute atomic E-state index is 0.102. The van der Waals surface area contributed by atoms with Crippen LogP contribution in [0.3, 0.4) is 0 Å². The fraction of sp³-hybridized carbons (Fsp3) is 0.423. The van der Waals surface area contributed by atoms with Crippen LogP contribution in [0.4, 0.5) is 10.5 Å². The van der Waals surface area contributed by atoms with Crippen molar-refractivity contribution < 1.29 is 24.3 Å². The summed E-state index contributed by atoms with van der Waals surface area (Å²) in [6.07, 6.45) is 0. The highest BCUT2D eigenvalue weighted by Crippen LogP contribution is 2.21. The molecular weight excluding hydrogens is 462 g/mol. The van der Waals surface area contributed by atoms with E-state index in [0.29, 0.717) is 71.1 Å². The standard InChI is InChI=1S/C26H33N5O5/c1-20-2-8-23(9-3-20)31(18-21-4-6-22(7-5-21)25(33)27-35)26(34)30-12-10-28(11-13-30)19-24(32)29-14-16-36-17-15-29/h2-9,35H,10-19H2,1H3,(H,27,33). The number of carbonyl (C=O) groups is 3. The summed E-state index contributed by atoms with van der Waals surface area (Å²) in [7, 11) is 0. The zero-order valence-electron chi connectivity index (χ0n) is 20.6. The van der Waals surface area contributed by atoms with Gasteiger partial charge in [0, 0.05) is 50.5 Å². The van der Waals surface area contributed by atoms with Gasteiger partial charge in [-0.05, 0) is 36.8 Å². The molecule has 36 heavy (non-hydrogen) atoms. The van der Waals surface area contributed by atoms with Crippen molar-refractivity contribution in [1.29, 1.82) is 0 Å². The molecule has 0 aliphatic carbocycles. The zero-order chi connectivity index (χ0) is 25.5. The summed E-state index contributed by atoms with van der Waals surface area (Å²) in [6, 6.07) is 14.5. The monoisotopic (exact) mass is 495 g/mol. The Hall–Kier alpha value is -3.47. The number of anilines is 1. The first-order chi connectivity index (χ1) is 17.4. The van der Waals surface area contributed by atoms with E-state index in [1.54, 1.807) is 34.6 Å². The molecule has 0 spiro atoms. The molecule has 0 radical (unpaired) electrons. The van der Waals surface area contributed by atoms with Gasteiger partial charge < -0.3 is 14.5 Å². The first kappa shape index (κ1) is 25.6. The van der Waals surface area contributed by atoms with Crippen molar-refractivity contribution in [2.75, 3.05) is 63.9 Å². The van der Waals surface area contributed by atoms with Crippen molar-refractivity contribution in [3.8, 4) is 0 Å². The van der Waals surface area contributed by atoms with Crippen molar-refractivity contribution in [2.24, 2.45) is 0 Å². The number of nitrogens with one attached hydrogen (secondary N) is 1. The van der Waals surface area contributed by atoms with E-state index in [1.165, 1.54) is 0 Å². The predicted molar refractivity (Wildman–Crippen MR) is 134 cm³/mol. The Morgan fingerprint density at radius 3 is 2.14 bits per heavy atom. The number of benzene rings is 2. The molecule has 0 saturated carbocycles. The van der Waals surface area contributed by atoms with Crippen LogP contribution in [0.25, 0.3) is 0 Å². The number of nitrogens with zero attached hydrogens (tertiary/aromatic N) is 4. The lowest BCUT2D eigenvalue weighted by atomic mass is 10.1. The van der Waals surface area contributed by atoms with Gasteiger partial charge in [-0.3, -0.25) is 24.6 Å². The van der Waals surface area contributed by atoms with Gasteiger partial charge in [0.1, 0.15) is 0 Å². The molecule has 0 aromatic heterocycles. The summed E-state index contributed by atoms with van der Waals surface area (Å²) in [6.45, 7) is 7.46. The Balaban J connectivity index is 1.41. The normalized spacial score (nSPS) is 16.5. The van der Waals surface area contributed by atoms with E-state index in [2.05, 4.69) is 4.90 Å². The van der Waals surface area contributed by atoms with Crippen LogP contribution in [0.1, 0.15) is 21.5 Å². The third-order valence-corrected chi connectivity index (χ3v) is 6.60. The van der Waals surface area contributed by atoms with E-state index in [-0.39, 0.29) is 11.9 Å². The molecule has 2 aromatic carbocycles. The summed E-state index contributed by atoms with van der Waals surface area (Å²) in [5, 5.41) is 8.84. The summed E-state index contributed by atoms with van der Waals surface area (Å²) in [4.78, 5) is 45.4. The number of urea groups is 1. The molecule has 2 N–H and O–H groups in total. The van der Waals surface area contributed by atoms with Crippen molar-refractivity contribution >= 4 is 23.5 Å². The number of amides is 4. The number of rotatable bonds is 6. The molecule has 10 nitrogen and oxygen atoms in total. The highest BCUT2D eigenvalue weighted by atomic mass is 16.5. The van der Waals surface area contributed by atoms with Crippen molar-refractivity contribution in [2.45, 2.75) is 13.5 Å². The third kappa shape index (κ3) is 6.39. The Morgan fingerprint density at radius 1 is 0.889 bits per heavy atom. The molecule has 2 aliphatic heterocycles. The van der Waals surface area contributed by atoms with Gasteiger partial charge in [0.2, 0.25) is 5.91 Å². The number of hydroxylamine groups is 1. The smallest absolute Gasteiger partial charge is 0.324 e. The second-order valence-corrected chi connectivity index (χ2v) is 9.10. The molecule has 4 rings (SSSR count). The quantitative estimate of drug-likeness (QED) is 0.467. The highest BCUT2D eigenvalue weighted by Gasteiger charge is 2.28. The van der Waals surface area contributed by atoms with Gasteiger partial charge in [0.15, 0.2) is 0 Å². The second kappa shape index (κ2) is 12.0. The van der Waals surface area contributed by atoms with E-state index in [9.17, 15) is 14.4 Å². The topological polar surface area (TPSA) is 106 Å². The molecule has 2 fully saturated rings. The molecular formula is C26H33N5O5. The van der Waals surface area contributed by atoms with E-state index in [0.717, 1.165) is 16.8 Å². The Kier molecular flexibility index (Phi) is 8.52. The molecule has 0 atom stereocenters. The lowest BCUT2D eigenvalue weighted by molar-refractivity contribution is -0.136. The SMILES string of the molecule is Cc1ccc(N(Cc2ccc(C(=O)NO)cc2)C(=O)N2CCN(CC(=O)N3CCOCC3)CC2)cc1. The van der Waals surface area contributed by atoms with Crippen LogP contribution < -0.4 is 10.4 Å². The van der Waals surface area contributed by atoms with Crippen molar-refractivity contribution in [3.63, 3.8) is 0 Å². The Morgan fingerprint density at radius 2 is 1.53 bits per heavy atom. The van der Waals surface area contributed by atoms with Gasteiger partial charge in [0.05, 0.1) is 26.3 Å². The lowest BCUT2D eigenvalue weighted by Crippen LogP contribution is -2.55. The van der Waals surface area contributed by atoms with Gasteiger partial charge in [-0.1, -0.05) is 29.8 Å². The first-order valence-corrected chi connectivity index (χ1v) is 12.2. The molecule has 2 aliphatic rings. The van der Waals surface area contributed by atoms with E-state index in [1.807, 2.05) is 41.0 Å². The van der Waals surface area contributed by atoms with Crippen molar-refractivity contribution in [3.05, 3.63) is 65.2 Å². The van der Waals surface area contributed by atoms with Crippen LogP contribution in [0.15, 0.2) is 48.5 Å². The van der Waals surface area contributed by atoms with Gasteiger partial charge in [-0.2, -0.15) is 0 Å². The fourth-order valence-corrected chi connectivity index (χ4v) is 4.37. The Labute approximate surface area is 211 Å². The molecule has 192 valence electrons. The van der Waals surface area contributed by atoms with Crippen LogP contribution in [-0.2, 0) is 16.1 Å². The number of hydrogen-bond acceptors (Lipinski definition) is 6. The minimum atomic E-state index is -0.585. The van der Waals surface area contributed by atoms with E-state index < -0.39 is 5.91 Å². The summed E-state index contributed by atoms with van der Waals surface area (Å²) < 4.78 is 5.33. The minimum Gasteiger partial charge on any atom is -0.378 e. The maximum absolute atomic E-state index is 13.6. The zero-order valence-corrected chi connectivity index (χ0v) is 20.6. The van der Waals surface area contributed by atoms with Crippen LogP contribution in [0.5, 0.6) is 0 Å². The van der Waals surface area contributed by atoms with Crippen molar-refractivity contribution in [1.82, 2.24) is 20.2 Å². The van der Waals surface area contributed by atoms with Gasteiger partial charge >= 0.3 is 6.03 Å². The number of hydrogen-bond donors (Lipinski definition) is 2. The summed E-state index contributed by atoms with van der Waals surface area (Å²) >= 11 is 0. The van der Waals surface area contributed by atoms with Gasteiger partial charge in [-0.25, -0.2) is 10.3 Å². The third-order valence-electron chi connectivity index (χ3n) is 6.60.